The van der Waals surface area contributed by atoms with Crippen molar-refractivity contribution < 1.29 is 9.53 Å². The molecule has 0 amide bonds. The third-order valence-corrected chi connectivity index (χ3v) is 4.90. The molecule has 0 aliphatic heterocycles. The van der Waals surface area contributed by atoms with Gasteiger partial charge in [-0.3, -0.25) is 0 Å². The van der Waals surface area contributed by atoms with Gasteiger partial charge in [0.15, 0.2) is 0 Å². The highest BCUT2D eigenvalue weighted by Crippen LogP contribution is 2.19. The molecular formula is C25H32N2O2. The first-order valence-corrected chi connectivity index (χ1v) is 10.3. The first-order valence-electron chi connectivity index (χ1n) is 10.3. The number of anilines is 2. The van der Waals surface area contributed by atoms with Gasteiger partial charge in [-0.05, 0) is 56.2 Å². The molecule has 0 saturated heterocycles. The Labute approximate surface area is 175 Å². The number of nitrogens with zero attached hydrogens (tertiary/aromatic N) is 2. The van der Waals surface area contributed by atoms with Crippen LogP contribution in [0, 0.1) is 0 Å². The van der Waals surface area contributed by atoms with Gasteiger partial charge in [-0.1, -0.05) is 43.0 Å². The lowest BCUT2D eigenvalue weighted by Gasteiger charge is -2.22. The van der Waals surface area contributed by atoms with Crippen molar-refractivity contribution in [2.75, 3.05) is 42.6 Å². The second kappa shape index (κ2) is 11.7. The van der Waals surface area contributed by atoms with Crippen molar-refractivity contribution in [2.24, 2.45) is 0 Å². The quantitative estimate of drug-likeness (QED) is 0.297. The molecule has 4 heteroatoms. The van der Waals surface area contributed by atoms with Gasteiger partial charge in [0.05, 0.1) is 6.54 Å². The number of hydrogen-bond acceptors (Lipinski definition) is 4. The molecule has 2 aromatic carbocycles. The Kier molecular flexibility index (Phi) is 9.03. The van der Waals surface area contributed by atoms with Crippen LogP contribution in [0.5, 0.6) is 0 Å². The summed E-state index contributed by atoms with van der Waals surface area (Å²) >= 11 is 0. The highest BCUT2D eigenvalue weighted by atomic mass is 16.5. The van der Waals surface area contributed by atoms with E-state index in [1.165, 1.54) is 17.3 Å². The van der Waals surface area contributed by atoms with Crippen molar-refractivity contribution in [3.8, 4) is 0 Å². The lowest BCUT2D eigenvalue weighted by molar-refractivity contribution is -0.137. The predicted molar refractivity (Wildman–Crippen MR) is 124 cm³/mol. The van der Waals surface area contributed by atoms with E-state index < -0.39 is 0 Å². The van der Waals surface area contributed by atoms with E-state index in [9.17, 15) is 4.79 Å². The van der Waals surface area contributed by atoms with Crippen LogP contribution in [0.3, 0.4) is 0 Å². The van der Waals surface area contributed by atoms with Crippen molar-refractivity contribution in [1.29, 1.82) is 0 Å². The van der Waals surface area contributed by atoms with E-state index in [1.807, 2.05) is 0 Å². The van der Waals surface area contributed by atoms with Crippen molar-refractivity contribution in [1.82, 2.24) is 0 Å². The largest absolute Gasteiger partial charge is 0.461 e. The van der Waals surface area contributed by atoms with Gasteiger partial charge in [0.25, 0.3) is 0 Å². The Morgan fingerprint density at radius 1 is 0.828 bits per heavy atom. The van der Waals surface area contributed by atoms with Gasteiger partial charge >= 0.3 is 5.97 Å². The van der Waals surface area contributed by atoms with Gasteiger partial charge in [-0.15, -0.1) is 0 Å². The van der Waals surface area contributed by atoms with Crippen LogP contribution in [0.25, 0.3) is 12.2 Å². The van der Waals surface area contributed by atoms with Crippen molar-refractivity contribution in [2.45, 2.75) is 20.8 Å². The minimum absolute atomic E-state index is 0.351. The summed E-state index contributed by atoms with van der Waals surface area (Å²) < 4.78 is 5.08. The Hall–Kier alpha value is -3.01. The molecule has 0 atom stereocenters. The standard InChI is InChI=1S/C25H32N2O2/c1-5-25(28)29-20-19-27(8-4)24-17-13-22(14-18-24)10-9-21-11-15-23(16-12-21)26(6-2)7-3/h5,9-18H,1,6-8,19-20H2,2-4H3/b10-9+. The predicted octanol–water partition coefficient (Wildman–Crippen LogP) is 5.26. The SMILES string of the molecule is C=CC(=O)OCCN(CC)c1ccc(/C=C/c2ccc(N(CC)CC)cc2)cc1. The zero-order chi connectivity index (χ0) is 21.1. The highest BCUT2D eigenvalue weighted by molar-refractivity contribution is 5.81. The van der Waals surface area contributed by atoms with E-state index in [2.05, 4.69) is 97.8 Å². The average molecular weight is 393 g/mol. The number of esters is 1. The number of benzene rings is 2. The Morgan fingerprint density at radius 3 is 1.69 bits per heavy atom. The number of rotatable bonds is 11. The molecule has 154 valence electrons. The first kappa shape index (κ1) is 22.3. The van der Waals surface area contributed by atoms with E-state index in [4.69, 9.17) is 4.74 Å². The molecule has 2 aromatic rings. The van der Waals surface area contributed by atoms with E-state index in [0.29, 0.717) is 13.2 Å². The molecule has 0 saturated carbocycles. The van der Waals surface area contributed by atoms with Crippen LogP contribution in [0.1, 0.15) is 31.9 Å². The summed E-state index contributed by atoms with van der Waals surface area (Å²) in [6, 6.07) is 17.1. The molecule has 2 rings (SSSR count). The third kappa shape index (κ3) is 6.83. The molecule has 0 aromatic heterocycles. The topological polar surface area (TPSA) is 32.8 Å². The van der Waals surface area contributed by atoms with Gasteiger partial charge in [0.2, 0.25) is 0 Å². The number of likely N-dealkylation sites (N-methyl/N-ethyl adjacent to an activating group) is 1. The normalized spacial score (nSPS) is 10.7. The second-order valence-electron chi connectivity index (χ2n) is 6.64. The zero-order valence-corrected chi connectivity index (χ0v) is 17.8. The molecule has 0 N–H and O–H groups in total. The fourth-order valence-electron chi connectivity index (χ4n) is 3.16. The monoisotopic (exact) mass is 392 g/mol. The van der Waals surface area contributed by atoms with E-state index >= 15 is 0 Å². The van der Waals surface area contributed by atoms with Gasteiger partial charge in [0, 0.05) is 37.1 Å². The smallest absolute Gasteiger partial charge is 0.330 e. The summed E-state index contributed by atoms with van der Waals surface area (Å²) in [5.74, 6) is -0.383. The minimum Gasteiger partial charge on any atom is -0.461 e. The summed E-state index contributed by atoms with van der Waals surface area (Å²) in [6.45, 7) is 13.7. The van der Waals surface area contributed by atoms with E-state index in [-0.39, 0.29) is 5.97 Å². The van der Waals surface area contributed by atoms with E-state index in [0.717, 1.165) is 30.9 Å². The van der Waals surface area contributed by atoms with Crippen LogP contribution >= 0.6 is 0 Å². The van der Waals surface area contributed by atoms with Crippen LogP contribution in [0.4, 0.5) is 11.4 Å². The maximum absolute atomic E-state index is 11.2. The van der Waals surface area contributed by atoms with Crippen LogP contribution in [0.15, 0.2) is 61.2 Å². The van der Waals surface area contributed by atoms with Gasteiger partial charge in [-0.2, -0.15) is 0 Å². The lowest BCUT2D eigenvalue weighted by Crippen LogP contribution is -2.27. The second-order valence-corrected chi connectivity index (χ2v) is 6.64. The molecule has 0 spiro atoms. The molecule has 0 aliphatic rings. The molecule has 29 heavy (non-hydrogen) atoms. The first-order chi connectivity index (χ1) is 14.1. The number of ether oxygens (including phenoxy) is 1. The maximum atomic E-state index is 11.2. The fraction of sp³-hybridized carbons (Fsp3) is 0.320. The molecule has 0 aliphatic carbocycles. The Bertz CT molecular complexity index is 791. The van der Waals surface area contributed by atoms with Gasteiger partial charge in [-0.25, -0.2) is 4.79 Å². The highest BCUT2D eigenvalue weighted by Gasteiger charge is 2.05. The van der Waals surface area contributed by atoms with Crippen molar-refractivity contribution in [3.63, 3.8) is 0 Å². The summed E-state index contributed by atoms with van der Waals surface area (Å²) in [7, 11) is 0. The zero-order valence-electron chi connectivity index (χ0n) is 17.8. The number of hydrogen-bond donors (Lipinski definition) is 0. The van der Waals surface area contributed by atoms with E-state index in [1.54, 1.807) is 0 Å². The summed E-state index contributed by atoms with van der Waals surface area (Å²) in [6.07, 6.45) is 5.44. The number of carbonyl (C=O) groups excluding carboxylic acids is 1. The molecule has 0 bridgehead atoms. The van der Waals surface area contributed by atoms with Crippen molar-refractivity contribution in [3.05, 3.63) is 72.3 Å². The molecule has 0 unspecified atom stereocenters. The maximum Gasteiger partial charge on any atom is 0.330 e. The molecule has 0 radical (unpaired) electrons. The summed E-state index contributed by atoms with van der Waals surface area (Å²) in [4.78, 5) is 15.7. The molecule has 0 fully saturated rings. The third-order valence-electron chi connectivity index (χ3n) is 4.90. The molecule has 4 nitrogen and oxygen atoms in total. The van der Waals surface area contributed by atoms with Crippen molar-refractivity contribution >= 4 is 29.5 Å². The average Bonchev–Trinajstić information content (AvgIpc) is 2.77. The van der Waals surface area contributed by atoms with Crippen LogP contribution < -0.4 is 9.80 Å². The minimum atomic E-state index is -0.383. The van der Waals surface area contributed by atoms with Crippen LogP contribution in [-0.4, -0.2) is 38.8 Å². The van der Waals surface area contributed by atoms with Gasteiger partial charge < -0.3 is 14.5 Å². The molecular weight excluding hydrogens is 360 g/mol. The van der Waals surface area contributed by atoms with Gasteiger partial charge in [0.1, 0.15) is 6.61 Å². The fourth-order valence-corrected chi connectivity index (χ4v) is 3.16. The Morgan fingerprint density at radius 2 is 1.28 bits per heavy atom. The summed E-state index contributed by atoms with van der Waals surface area (Å²) in [5.41, 5.74) is 4.71. The lowest BCUT2D eigenvalue weighted by atomic mass is 10.1. The Balaban J connectivity index is 1.96. The molecule has 0 heterocycles. The summed E-state index contributed by atoms with van der Waals surface area (Å²) in [5, 5.41) is 0. The van der Waals surface area contributed by atoms with Crippen LogP contribution in [-0.2, 0) is 9.53 Å². The van der Waals surface area contributed by atoms with Crippen LogP contribution in [0.2, 0.25) is 0 Å². The number of carbonyl (C=O) groups is 1.